The standard InChI is InChI=1S/C10H16N4O5/c11-7(15)2-1-6(9(17)18)13-10(19)14-4-3-12-8(16)5-14/h6H,1-5H2,(H2,11,15)(H,12,16)(H,13,19)(H,17,18)/t6-/m1/s1. The van der Waals surface area contributed by atoms with E-state index in [2.05, 4.69) is 10.6 Å². The third kappa shape index (κ3) is 4.82. The van der Waals surface area contributed by atoms with E-state index >= 15 is 0 Å². The van der Waals surface area contributed by atoms with Gasteiger partial charge in [0.2, 0.25) is 11.8 Å². The van der Waals surface area contributed by atoms with E-state index in [4.69, 9.17) is 10.8 Å². The second-order valence-corrected chi connectivity index (χ2v) is 4.12. The molecule has 1 rings (SSSR count). The third-order valence-corrected chi connectivity index (χ3v) is 2.60. The zero-order chi connectivity index (χ0) is 14.4. The molecule has 0 spiro atoms. The van der Waals surface area contributed by atoms with Crippen LogP contribution in [0, 0.1) is 0 Å². The molecule has 0 saturated carbocycles. The molecule has 9 nitrogen and oxygen atoms in total. The van der Waals surface area contributed by atoms with Gasteiger partial charge in [0.15, 0.2) is 0 Å². The Morgan fingerprint density at radius 3 is 2.68 bits per heavy atom. The minimum atomic E-state index is -1.25. The third-order valence-electron chi connectivity index (χ3n) is 2.60. The summed E-state index contributed by atoms with van der Waals surface area (Å²) in [5, 5.41) is 13.7. The maximum absolute atomic E-state index is 11.8. The van der Waals surface area contributed by atoms with Gasteiger partial charge in [-0.2, -0.15) is 0 Å². The molecule has 106 valence electrons. The van der Waals surface area contributed by atoms with E-state index in [-0.39, 0.29) is 25.3 Å². The quantitative estimate of drug-likeness (QED) is 0.451. The molecule has 1 aliphatic rings. The predicted molar refractivity (Wildman–Crippen MR) is 63.0 cm³/mol. The van der Waals surface area contributed by atoms with Gasteiger partial charge in [-0.15, -0.1) is 0 Å². The van der Waals surface area contributed by atoms with Crippen LogP contribution in [0.15, 0.2) is 0 Å². The number of carbonyl (C=O) groups excluding carboxylic acids is 3. The van der Waals surface area contributed by atoms with Crippen molar-refractivity contribution in [1.29, 1.82) is 0 Å². The Morgan fingerprint density at radius 2 is 2.16 bits per heavy atom. The lowest BCUT2D eigenvalue weighted by Gasteiger charge is -2.28. The number of amides is 4. The Bertz CT molecular complexity index is 397. The normalized spacial score (nSPS) is 16.4. The number of hydrogen-bond acceptors (Lipinski definition) is 4. The van der Waals surface area contributed by atoms with Gasteiger partial charge in [-0.25, -0.2) is 9.59 Å². The van der Waals surface area contributed by atoms with Crippen LogP contribution in [-0.4, -0.2) is 59.5 Å². The second kappa shape index (κ2) is 6.57. The Balaban J connectivity index is 2.52. The number of nitrogens with one attached hydrogen (secondary N) is 2. The first-order chi connectivity index (χ1) is 8.90. The lowest BCUT2D eigenvalue weighted by molar-refractivity contribution is -0.139. The van der Waals surface area contributed by atoms with Crippen molar-refractivity contribution >= 4 is 23.8 Å². The summed E-state index contributed by atoms with van der Waals surface area (Å²) >= 11 is 0. The SMILES string of the molecule is NC(=O)CC[C@@H](NC(=O)N1CCNC(=O)C1)C(=O)O. The summed E-state index contributed by atoms with van der Waals surface area (Å²) in [5.74, 6) is -2.20. The Kier molecular flexibility index (Phi) is 5.10. The number of aliphatic carboxylic acids is 1. The number of nitrogens with zero attached hydrogens (tertiary/aromatic N) is 1. The fourth-order valence-electron chi connectivity index (χ4n) is 1.60. The van der Waals surface area contributed by atoms with E-state index in [1.54, 1.807) is 0 Å². The van der Waals surface area contributed by atoms with Crippen molar-refractivity contribution in [3.8, 4) is 0 Å². The molecule has 1 aliphatic heterocycles. The van der Waals surface area contributed by atoms with Crippen LogP contribution in [0.3, 0.4) is 0 Å². The van der Waals surface area contributed by atoms with Crippen molar-refractivity contribution in [2.24, 2.45) is 5.73 Å². The molecule has 1 fully saturated rings. The molecule has 1 heterocycles. The minimum Gasteiger partial charge on any atom is -0.480 e. The first-order valence-corrected chi connectivity index (χ1v) is 5.73. The van der Waals surface area contributed by atoms with E-state index in [9.17, 15) is 19.2 Å². The maximum atomic E-state index is 11.8. The summed E-state index contributed by atoms with van der Waals surface area (Å²) in [6, 6.07) is -1.85. The van der Waals surface area contributed by atoms with E-state index < -0.39 is 23.9 Å². The molecule has 1 atom stereocenters. The van der Waals surface area contributed by atoms with Crippen molar-refractivity contribution in [3.63, 3.8) is 0 Å². The van der Waals surface area contributed by atoms with E-state index in [1.807, 2.05) is 0 Å². The average Bonchev–Trinajstić information content (AvgIpc) is 2.33. The summed E-state index contributed by atoms with van der Waals surface area (Å²) in [7, 11) is 0. The number of carboxylic acid groups (broad SMARTS) is 1. The van der Waals surface area contributed by atoms with Crippen molar-refractivity contribution in [3.05, 3.63) is 0 Å². The molecule has 0 aliphatic carbocycles. The lowest BCUT2D eigenvalue weighted by atomic mass is 10.1. The molecule has 9 heteroatoms. The largest absolute Gasteiger partial charge is 0.480 e. The Morgan fingerprint density at radius 1 is 1.47 bits per heavy atom. The van der Waals surface area contributed by atoms with Crippen molar-refractivity contribution < 1.29 is 24.3 Å². The van der Waals surface area contributed by atoms with E-state index in [0.29, 0.717) is 13.1 Å². The molecule has 1 saturated heterocycles. The molecular formula is C10H16N4O5. The predicted octanol–water partition coefficient (Wildman–Crippen LogP) is -2.15. The van der Waals surface area contributed by atoms with Gasteiger partial charge in [0.25, 0.3) is 0 Å². The number of hydrogen-bond donors (Lipinski definition) is 4. The lowest BCUT2D eigenvalue weighted by Crippen LogP contribution is -2.55. The minimum absolute atomic E-state index is 0.0869. The summed E-state index contributed by atoms with van der Waals surface area (Å²) in [4.78, 5) is 45.6. The highest BCUT2D eigenvalue weighted by atomic mass is 16.4. The molecule has 5 N–H and O–H groups in total. The fraction of sp³-hybridized carbons (Fsp3) is 0.600. The summed E-state index contributed by atoms with van der Waals surface area (Å²) in [6.45, 7) is 0.513. The number of piperazine rings is 1. The van der Waals surface area contributed by atoms with E-state index in [1.165, 1.54) is 4.90 Å². The van der Waals surface area contributed by atoms with Crippen LogP contribution in [-0.2, 0) is 14.4 Å². The molecule has 0 aromatic heterocycles. The van der Waals surface area contributed by atoms with Crippen LogP contribution >= 0.6 is 0 Å². The fourth-order valence-corrected chi connectivity index (χ4v) is 1.60. The molecule has 0 unspecified atom stereocenters. The zero-order valence-electron chi connectivity index (χ0n) is 10.2. The molecule has 0 aromatic carbocycles. The van der Waals surface area contributed by atoms with Gasteiger partial charge in [-0.05, 0) is 6.42 Å². The smallest absolute Gasteiger partial charge is 0.326 e. The van der Waals surface area contributed by atoms with Gasteiger partial charge < -0.3 is 26.4 Å². The average molecular weight is 272 g/mol. The molecular weight excluding hydrogens is 256 g/mol. The van der Waals surface area contributed by atoms with Gasteiger partial charge >= 0.3 is 12.0 Å². The van der Waals surface area contributed by atoms with E-state index in [0.717, 1.165) is 0 Å². The monoisotopic (exact) mass is 272 g/mol. The van der Waals surface area contributed by atoms with Gasteiger partial charge in [0.1, 0.15) is 12.6 Å². The van der Waals surface area contributed by atoms with Crippen LogP contribution in [0.1, 0.15) is 12.8 Å². The molecule has 0 aromatic rings. The maximum Gasteiger partial charge on any atom is 0.326 e. The van der Waals surface area contributed by atoms with Crippen LogP contribution in [0.4, 0.5) is 4.79 Å². The summed E-state index contributed by atoms with van der Waals surface area (Å²) in [6.07, 6.45) is -0.228. The Labute approximate surface area is 109 Å². The highest BCUT2D eigenvalue weighted by Gasteiger charge is 2.26. The zero-order valence-corrected chi connectivity index (χ0v) is 10.2. The first kappa shape index (κ1) is 14.7. The topological polar surface area (TPSA) is 142 Å². The van der Waals surface area contributed by atoms with Crippen molar-refractivity contribution in [2.75, 3.05) is 19.6 Å². The van der Waals surface area contributed by atoms with Crippen molar-refractivity contribution in [2.45, 2.75) is 18.9 Å². The summed E-state index contributed by atoms with van der Waals surface area (Å²) < 4.78 is 0. The Hall–Kier alpha value is -2.32. The number of nitrogens with two attached hydrogens (primary N) is 1. The van der Waals surface area contributed by atoms with Crippen LogP contribution in [0.2, 0.25) is 0 Å². The van der Waals surface area contributed by atoms with Crippen LogP contribution < -0.4 is 16.4 Å². The van der Waals surface area contributed by atoms with Crippen LogP contribution in [0.25, 0.3) is 0 Å². The summed E-state index contributed by atoms with van der Waals surface area (Å²) in [5.41, 5.74) is 4.92. The van der Waals surface area contributed by atoms with Gasteiger partial charge in [-0.1, -0.05) is 0 Å². The molecule has 4 amide bonds. The van der Waals surface area contributed by atoms with Crippen LogP contribution in [0.5, 0.6) is 0 Å². The molecule has 0 radical (unpaired) electrons. The number of primary amides is 1. The number of carboxylic acids is 1. The molecule has 0 bridgehead atoms. The van der Waals surface area contributed by atoms with Gasteiger partial charge in [0, 0.05) is 19.5 Å². The number of carbonyl (C=O) groups is 4. The number of rotatable bonds is 5. The molecule has 19 heavy (non-hydrogen) atoms. The van der Waals surface area contributed by atoms with Crippen molar-refractivity contribution in [1.82, 2.24) is 15.5 Å². The van der Waals surface area contributed by atoms with Gasteiger partial charge in [-0.3, -0.25) is 9.59 Å². The highest BCUT2D eigenvalue weighted by Crippen LogP contribution is 2.01. The highest BCUT2D eigenvalue weighted by molar-refractivity contribution is 5.87. The first-order valence-electron chi connectivity index (χ1n) is 5.73. The number of urea groups is 1. The van der Waals surface area contributed by atoms with Gasteiger partial charge in [0.05, 0.1) is 0 Å². The second-order valence-electron chi connectivity index (χ2n) is 4.12.